The average Bonchev–Trinajstić information content (AvgIpc) is 2.39. The molecule has 1 N–H and O–H groups in total. The number of esters is 1. The Morgan fingerprint density at radius 3 is 1.80 bits per heavy atom. The molecule has 0 aliphatic rings. The monoisotopic (exact) mass is 324 g/mol. The predicted octanol–water partition coefficient (Wildman–Crippen LogP) is 3.79. The third-order valence-electron chi connectivity index (χ3n) is 1.39. The first-order valence-corrected chi connectivity index (χ1v) is 6.68. The zero-order chi connectivity index (χ0) is 16.6. The van der Waals surface area contributed by atoms with Crippen LogP contribution in [0, 0.1) is 0 Å². The van der Waals surface area contributed by atoms with Crippen molar-refractivity contribution in [1.82, 2.24) is 0 Å². The van der Waals surface area contributed by atoms with Crippen molar-refractivity contribution in [3.8, 4) is 0 Å². The van der Waals surface area contributed by atoms with Gasteiger partial charge in [0.25, 0.3) is 0 Å². The molecule has 0 aromatic rings. The van der Waals surface area contributed by atoms with Gasteiger partial charge in [-0.15, -0.1) is 23.2 Å². The second-order valence-corrected chi connectivity index (χ2v) is 4.10. The molecule has 6 heteroatoms. The summed E-state index contributed by atoms with van der Waals surface area (Å²) >= 11 is 10.2. The fourth-order valence-corrected chi connectivity index (χ4v) is 0.465. The first-order valence-electron chi connectivity index (χ1n) is 5.61. The van der Waals surface area contributed by atoms with Crippen molar-refractivity contribution in [2.75, 3.05) is 18.4 Å². The summed E-state index contributed by atoms with van der Waals surface area (Å²) in [6.45, 7) is 12.5. The van der Waals surface area contributed by atoms with Gasteiger partial charge in [0.2, 0.25) is 0 Å². The lowest BCUT2D eigenvalue weighted by Crippen LogP contribution is -1.98. The molecular weight excluding hydrogens is 303 g/mol. The molecule has 0 bridgehead atoms. The molecule has 0 atom stereocenters. The summed E-state index contributed by atoms with van der Waals surface area (Å²) < 4.78 is 4.64. The Hall–Kier alpha value is -1.26. The van der Waals surface area contributed by atoms with Gasteiger partial charge in [-0.2, -0.15) is 0 Å². The molecule has 0 spiro atoms. The quantitative estimate of drug-likeness (QED) is 0.361. The number of carboxylic acid groups (broad SMARTS) is 1. The van der Waals surface area contributed by atoms with Crippen LogP contribution in [0.1, 0.15) is 20.8 Å². The van der Waals surface area contributed by atoms with E-state index in [0.717, 1.165) is 11.1 Å². The minimum absolute atomic E-state index is 0.265. The van der Waals surface area contributed by atoms with E-state index in [1.54, 1.807) is 12.2 Å². The number of carboxylic acids is 1. The second kappa shape index (κ2) is 17.7. The Morgan fingerprint density at radius 1 is 1.20 bits per heavy atom. The Bertz CT molecular complexity index is 336. The van der Waals surface area contributed by atoms with E-state index in [1.165, 1.54) is 6.92 Å². The van der Waals surface area contributed by atoms with Crippen molar-refractivity contribution in [2.45, 2.75) is 20.8 Å². The van der Waals surface area contributed by atoms with E-state index in [1.807, 2.05) is 13.8 Å². The second-order valence-electron chi connectivity index (χ2n) is 3.56. The van der Waals surface area contributed by atoms with Crippen LogP contribution in [-0.4, -0.2) is 35.4 Å². The maximum Gasteiger partial charge on any atom is 0.318 e. The van der Waals surface area contributed by atoms with E-state index in [2.05, 4.69) is 17.9 Å². The highest BCUT2D eigenvalue weighted by atomic mass is 35.5. The average molecular weight is 325 g/mol. The van der Waals surface area contributed by atoms with Gasteiger partial charge in [0.1, 0.15) is 12.5 Å². The van der Waals surface area contributed by atoms with Gasteiger partial charge >= 0.3 is 11.9 Å². The molecule has 0 radical (unpaired) electrons. The predicted molar refractivity (Wildman–Crippen MR) is 84.5 cm³/mol. The van der Waals surface area contributed by atoms with Gasteiger partial charge in [-0.05, 0) is 19.9 Å². The highest BCUT2D eigenvalue weighted by Gasteiger charge is 1.89. The maximum absolute atomic E-state index is 10.2. The van der Waals surface area contributed by atoms with E-state index in [4.69, 9.17) is 28.3 Å². The lowest BCUT2D eigenvalue weighted by molar-refractivity contribution is -0.139. The molecule has 0 aromatic carbocycles. The fourth-order valence-electron chi connectivity index (χ4n) is 0.356. The summed E-state index contributed by atoms with van der Waals surface area (Å²) in [6.07, 6.45) is 3.51. The lowest BCUT2D eigenvalue weighted by Gasteiger charge is -1.96. The van der Waals surface area contributed by atoms with Crippen molar-refractivity contribution < 1.29 is 19.4 Å². The van der Waals surface area contributed by atoms with E-state index in [-0.39, 0.29) is 11.8 Å². The topological polar surface area (TPSA) is 63.6 Å². The maximum atomic E-state index is 10.2. The first-order chi connectivity index (χ1) is 9.20. The van der Waals surface area contributed by atoms with Gasteiger partial charge in [-0.25, -0.2) is 0 Å². The zero-order valence-electron chi connectivity index (χ0n) is 12.1. The summed E-state index contributed by atoms with van der Waals surface area (Å²) in [6, 6.07) is 0. The highest BCUT2D eigenvalue weighted by Crippen LogP contribution is 1.94. The third kappa shape index (κ3) is 36.0. The number of hydrogen-bond acceptors (Lipinski definition) is 3. The summed E-state index contributed by atoms with van der Waals surface area (Å²) in [5, 5.41) is 7.59. The smallest absolute Gasteiger partial charge is 0.318 e. The molecule has 0 aliphatic carbocycles. The zero-order valence-corrected chi connectivity index (χ0v) is 13.6. The highest BCUT2D eigenvalue weighted by molar-refractivity contribution is 6.26. The molecule has 0 unspecified atom stereocenters. The number of hydrogen-bond donors (Lipinski definition) is 1. The summed E-state index contributed by atoms with van der Waals surface area (Å²) in [4.78, 5) is 19.5. The van der Waals surface area contributed by atoms with Crippen molar-refractivity contribution in [1.29, 1.82) is 0 Å². The van der Waals surface area contributed by atoms with Crippen LogP contribution >= 0.6 is 23.2 Å². The van der Waals surface area contributed by atoms with Crippen LogP contribution in [0.2, 0.25) is 0 Å². The van der Waals surface area contributed by atoms with Gasteiger partial charge in [0.05, 0.1) is 0 Å². The van der Waals surface area contributed by atoms with Crippen LogP contribution in [0.3, 0.4) is 0 Å². The molecule has 116 valence electrons. The van der Waals surface area contributed by atoms with Gasteiger partial charge in [-0.1, -0.05) is 30.4 Å². The van der Waals surface area contributed by atoms with Crippen molar-refractivity contribution in [2.24, 2.45) is 0 Å². The number of carbonyl (C=O) groups is 2. The number of allylic oxidation sites excluding steroid dienone is 3. The number of halogens is 2. The van der Waals surface area contributed by atoms with Crippen molar-refractivity contribution >= 4 is 35.1 Å². The third-order valence-corrected chi connectivity index (χ3v) is 2.04. The van der Waals surface area contributed by atoms with E-state index in [0.29, 0.717) is 12.5 Å². The minimum atomic E-state index is -0.980. The van der Waals surface area contributed by atoms with E-state index < -0.39 is 5.97 Å². The molecule has 0 aromatic heterocycles. The number of carbonyl (C=O) groups excluding carboxylic acids is 1. The van der Waals surface area contributed by atoms with Crippen LogP contribution in [0.15, 0.2) is 36.5 Å². The van der Waals surface area contributed by atoms with Gasteiger partial charge in [-0.3, -0.25) is 9.59 Å². The Balaban J connectivity index is -0.000000244. The summed E-state index contributed by atoms with van der Waals surface area (Å²) in [5.41, 5.74) is 2.04. The van der Waals surface area contributed by atoms with Crippen LogP contribution in [0.25, 0.3) is 0 Å². The molecule has 0 rings (SSSR count). The molecule has 0 amide bonds. The largest absolute Gasteiger partial charge is 0.480 e. The van der Waals surface area contributed by atoms with Gasteiger partial charge < -0.3 is 9.84 Å². The molecule has 4 nitrogen and oxygen atoms in total. The number of rotatable bonds is 5. The SMILES string of the molecule is C=CC(=C)C.CC(=O)OCC=C(C)CCl.O=C(O)CCl. The van der Waals surface area contributed by atoms with Gasteiger partial charge in [0.15, 0.2) is 0 Å². The number of alkyl halides is 2. The fraction of sp³-hybridized carbons (Fsp3) is 0.429. The van der Waals surface area contributed by atoms with Crippen LogP contribution < -0.4 is 0 Å². The standard InChI is InChI=1S/C7H11ClO2.C5H8.C2H3ClO2/c1-6(5-8)3-4-10-7(2)9;1-4-5(2)3;3-1-2(4)5/h3H,4-5H2,1-2H3;4H,1-2H2,3H3;1H2,(H,4,5). The molecule has 0 saturated carbocycles. The summed E-state index contributed by atoms with van der Waals surface area (Å²) in [5.74, 6) is -1.06. The van der Waals surface area contributed by atoms with Crippen LogP contribution in [0.5, 0.6) is 0 Å². The molecule has 0 heterocycles. The van der Waals surface area contributed by atoms with Crippen molar-refractivity contribution in [3.05, 3.63) is 36.5 Å². The summed E-state index contributed by atoms with van der Waals surface area (Å²) in [7, 11) is 0. The van der Waals surface area contributed by atoms with Crippen molar-refractivity contribution in [3.63, 3.8) is 0 Å². The normalized spacial score (nSPS) is 9.15. The molecular formula is C14H22Cl2O4. The van der Waals surface area contributed by atoms with Gasteiger partial charge in [0, 0.05) is 12.8 Å². The Kier molecular flexibility index (Phi) is 21.1. The molecule has 0 saturated heterocycles. The van der Waals surface area contributed by atoms with E-state index >= 15 is 0 Å². The Morgan fingerprint density at radius 2 is 1.60 bits per heavy atom. The number of aliphatic carboxylic acids is 1. The molecule has 20 heavy (non-hydrogen) atoms. The Labute approximate surface area is 130 Å². The van der Waals surface area contributed by atoms with Crippen LogP contribution in [-0.2, 0) is 14.3 Å². The molecule has 0 aliphatic heterocycles. The number of ether oxygens (including phenoxy) is 1. The van der Waals surface area contributed by atoms with Crippen LogP contribution in [0.4, 0.5) is 0 Å². The van der Waals surface area contributed by atoms with E-state index in [9.17, 15) is 9.59 Å². The minimum Gasteiger partial charge on any atom is -0.480 e. The molecule has 0 fully saturated rings. The first kappa shape index (κ1) is 23.8. The lowest BCUT2D eigenvalue weighted by atomic mass is 10.3.